The summed E-state index contributed by atoms with van der Waals surface area (Å²) in [5.74, 6) is 0. The lowest BCUT2D eigenvalue weighted by atomic mass is 10.2. The van der Waals surface area contributed by atoms with E-state index in [1.54, 1.807) is 12.3 Å². The van der Waals surface area contributed by atoms with Crippen LogP contribution in [0.25, 0.3) is 0 Å². The molecule has 0 aromatic heterocycles. The first-order valence-corrected chi connectivity index (χ1v) is 5.70. The minimum Gasteiger partial charge on any atom is -0.624 e. The summed E-state index contributed by atoms with van der Waals surface area (Å²) in [4.78, 5) is 0. The highest BCUT2D eigenvalue weighted by Gasteiger charge is 2.03. The van der Waals surface area contributed by atoms with E-state index in [2.05, 4.69) is 0 Å². The molecule has 0 atom stereocenters. The Balaban J connectivity index is 2.15. The summed E-state index contributed by atoms with van der Waals surface area (Å²) >= 11 is 5.99. The minimum absolute atomic E-state index is 0.258. The number of hydrogen-bond acceptors (Lipinski definition) is 1. The summed E-state index contributed by atoms with van der Waals surface area (Å²) < 4.78 is 0.885. The van der Waals surface area contributed by atoms with Crippen LogP contribution >= 0.6 is 11.6 Å². The maximum absolute atomic E-state index is 11.7. The minimum atomic E-state index is 0.258. The zero-order valence-electron chi connectivity index (χ0n) is 9.21. The van der Waals surface area contributed by atoms with Crippen LogP contribution < -0.4 is 0 Å². The smallest absolute Gasteiger partial charge is 0.182 e. The van der Waals surface area contributed by atoms with Crippen molar-refractivity contribution < 1.29 is 4.74 Å². The summed E-state index contributed by atoms with van der Waals surface area (Å²) in [7, 11) is 0. The molecule has 0 unspecified atom stereocenters. The lowest BCUT2D eigenvalue weighted by molar-refractivity contribution is -0.469. The first-order chi connectivity index (χ1) is 8.25. The molecule has 0 bridgehead atoms. The van der Waals surface area contributed by atoms with Gasteiger partial charge in [0.2, 0.25) is 0 Å². The number of nitrogens with zero attached hydrogens (tertiary/aromatic N) is 1. The van der Waals surface area contributed by atoms with E-state index in [4.69, 9.17) is 11.6 Å². The Morgan fingerprint density at radius 1 is 1.00 bits per heavy atom. The number of rotatable bonds is 3. The standard InChI is InChI=1S/C14H12ClNO/c15-14-9-5-4-8-13(14)11-16(17)10-12-6-2-1-3-7-12/h1-10H,11H2/b16-10-. The van der Waals surface area contributed by atoms with Gasteiger partial charge in [0.15, 0.2) is 12.8 Å². The molecule has 2 nitrogen and oxygen atoms in total. The average molecular weight is 246 g/mol. The summed E-state index contributed by atoms with van der Waals surface area (Å²) in [5.41, 5.74) is 1.71. The molecule has 0 heterocycles. The zero-order chi connectivity index (χ0) is 12.1. The Hall–Kier alpha value is -1.80. The Bertz CT molecular complexity index is 523. The van der Waals surface area contributed by atoms with E-state index >= 15 is 0 Å². The van der Waals surface area contributed by atoms with Crippen molar-refractivity contribution in [1.82, 2.24) is 0 Å². The maximum Gasteiger partial charge on any atom is 0.182 e. The van der Waals surface area contributed by atoms with Crippen LogP contribution in [0.5, 0.6) is 0 Å². The second-order valence-electron chi connectivity index (χ2n) is 3.71. The highest BCUT2D eigenvalue weighted by Crippen LogP contribution is 2.15. The number of hydrogen-bond donors (Lipinski definition) is 0. The van der Waals surface area contributed by atoms with Crippen LogP contribution in [0.4, 0.5) is 0 Å². The summed E-state index contributed by atoms with van der Waals surface area (Å²) in [6.45, 7) is 0.258. The molecular formula is C14H12ClNO. The first-order valence-electron chi connectivity index (χ1n) is 5.33. The van der Waals surface area contributed by atoms with Gasteiger partial charge in [-0.1, -0.05) is 48.0 Å². The van der Waals surface area contributed by atoms with E-state index in [-0.39, 0.29) is 6.54 Å². The summed E-state index contributed by atoms with van der Waals surface area (Å²) in [6, 6.07) is 16.8. The Kier molecular flexibility index (Phi) is 3.78. The van der Waals surface area contributed by atoms with E-state index in [0.29, 0.717) is 5.02 Å². The van der Waals surface area contributed by atoms with Gasteiger partial charge in [0.25, 0.3) is 0 Å². The number of benzene rings is 2. The van der Waals surface area contributed by atoms with Crippen molar-refractivity contribution >= 4 is 17.8 Å². The van der Waals surface area contributed by atoms with Crippen molar-refractivity contribution in [3.8, 4) is 0 Å². The molecule has 0 aliphatic carbocycles. The molecule has 2 rings (SSSR count). The molecule has 0 N–H and O–H groups in total. The van der Waals surface area contributed by atoms with Gasteiger partial charge in [-0.3, -0.25) is 0 Å². The van der Waals surface area contributed by atoms with Gasteiger partial charge in [-0.05, 0) is 18.2 Å². The van der Waals surface area contributed by atoms with Gasteiger partial charge >= 0.3 is 0 Å². The van der Waals surface area contributed by atoms with Gasteiger partial charge in [-0.25, -0.2) is 4.74 Å². The molecule has 3 heteroatoms. The normalized spacial score (nSPS) is 11.5. The summed E-state index contributed by atoms with van der Waals surface area (Å²) in [5, 5.41) is 12.4. The van der Waals surface area contributed by atoms with Crippen LogP contribution in [0.3, 0.4) is 0 Å². The highest BCUT2D eigenvalue weighted by molar-refractivity contribution is 6.31. The molecule has 86 valence electrons. The van der Waals surface area contributed by atoms with Crippen LogP contribution in [0.15, 0.2) is 54.6 Å². The molecule has 0 fully saturated rings. The van der Waals surface area contributed by atoms with Gasteiger partial charge < -0.3 is 5.21 Å². The second-order valence-corrected chi connectivity index (χ2v) is 4.11. The van der Waals surface area contributed by atoms with Crippen molar-refractivity contribution in [2.24, 2.45) is 0 Å². The number of hydroxylamine groups is 1. The molecule has 0 amide bonds. The average Bonchev–Trinajstić information content (AvgIpc) is 2.33. The zero-order valence-corrected chi connectivity index (χ0v) is 9.97. The first kappa shape index (κ1) is 11.7. The van der Waals surface area contributed by atoms with E-state index in [0.717, 1.165) is 15.9 Å². The van der Waals surface area contributed by atoms with E-state index in [1.165, 1.54) is 0 Å². The molecule has 0 radical (unpaired) electrons. The third kappa shape index (κ3) is 3.33. The Morgan fingerprint density at radius 2 is 1.65 bits per heavy atom. The monoisotopic (exact) mass is 245 g/mol. The predicted octanol–water partition coefficient (Wildman–Crippen LogP) is 3.47. The van der Waals surface area contributed by atoms with Crippen molar-refractivity contribution in [2.45, 2.75) is 6.54 Å². The topological polar surface area (TPSA) is 26.1 Å². The third-order valence-corrected chi connectivity index (χ3v) is 2.75. The SMILES string of the molecule is [O-]/[N+](=C\c1ccccc1)Cc1ccccc1Cl. The van der Waals surface area contributed by atoms with E-state index < -0.39 is 0 Å². The molecule has 0 saturated heterocycles. The molecular weight excluding hydrogens is 234 g/mol. The third-order valence-electron chi connectivity index (χ3n) is 2.38. The second kappa shape index (κ2) is 5.51. The van der Waals surface area contributed by atoms with Gasteiger partial charge in [-0.2, -0.15) is 0 Å². The van der Waals surface area contributed by atoms with Gasteiger partial charge in [0, 0.05) is 11.1 Å². The van der Waals surface area contributed by atoms with Crippen molar-refractivity contribution in [2.75, 3.05) is 0 Å². The fraction of sp³-hybridized carbons (Fsp3) is 0.0714. The molecule has 17 heavy (non-hydrogen) atoms. The molecule has 0 spiro atoms. The van der Waals surface area contributed by atoms with Crippen molar-refractivity contribution in [3.63, 3.8) is 0 Å². The van der Waals surface area contributed by atoms with Crippen LogP contribution in [0.1, 0.15) is 11.1 Å². The predicted molar refractivity (Wildman–Crippen MR) is 70.4 cm³/mol. The quantitative estimate of drug-likeness (QED) is 0.352. The van der Waals surface area contributed by atoms with E-state index in [9.17, 15) is 5.21 Å². The van der Waals surface area contributed by atoms with Crippen molar-refractivity contribution in [1.29, 1.82) is 0 Å². The van der Waals surface area contributed by atoms with Crippen molar-refractivity contribution in [3.05, 3.63) is 76.0 Å². The lowest BCUT2D eigenvalue weighted by Gasteiger charge is -2.05. The van der Waals surface area contributed by atoms with Gasteiger partial charge in [0.05, 0.1) is 5.02 Å². The number of halogens is 1. The molecule has 0 aliphatic heterocycles. The Labute approximate surface area is 105 Å². The van der Waals surface area contributed by atoms with Gasteiger partial charge in [-0.15, -0.1) is 0 Å². The maximum atomic E-state index is 11.7. The van der Waals surface area contributed by atoms with E-state index in [1.807, 2.05) is 48.5 Å². The summed E-state index contributed by atoms with van der Waals surface area (Å²) in [6.07, 6.45) is 1.56. The fourth-order valence-electron chi connectivity index (χ4n) is 1.55. The fourth-order valence-corrected chi connectivity index (χ4v) is 1.74. The van der Waals surface area contributed by atoms with Gasteiger partial charge in [0.1, 0.15) is 0 Å². The molecule has 2 aromatic rings. The molecule has 0 saturated carbocycles. The molecule has 2 aromatic carbocycles. The van der Waals surface area contributed by atoms with Crippen LogP contribution in [-0.2, 0) is 6.54 Å². The molecule has 0 aliphatic rings. The van der Waals surface area contributed by atoms with Crippen LogP contribution in [0.2, 0.25) is 5.02 Å². The van der Waals surface area contributed by atoms with Crippen LogP contribution in [-0.4, -0.2) is 11.0 Å². The lowest BCUT2D eigenvalue weighted by Crippen LogP contribution is -2.06. The van der Waals surface area contributed by atoms with Crippen LogP contribution in [0, 0.1) is 5.21 Å². The highest BCUT2D eigenvalue weighted by atomic mass is 35.5. The largest absolute Gasteiger partial charge is 0.624 e. The Morgan fingerprint density at radius 3 is 2.35 bits per heavy atom.